The van der Waals surface area contributed by atoms with Crippen LogP contribution >= 0.6 is 22.9 Å². The fourth-order valence-corrected chi connectivity index (χ4v) is 2.85. The monoisotopic (exact) mass is 376 g/mol. The van der Waals surface area contributed by atoms with Gasteiger partial charge in [0.2, 0.25) is 0 Å². The molecular weight excluding hydrogens is 364 g/mol. The summed E-state index contributed by atoms with van der Waals surface area (Å²) in [7, 11) is 0. The van der Waals surface area contributed by atoms with E-state index in [9.17, 15) is 9.59 Å². The molecule has 4 N–H and O–H groups in total. The number of nitrogens with one attached hydrogen (secondary N) is 2. The van der Waals surface area contributed by atoms with Crippen molar-refractivity contribution < 1.29 is 14.3 Å². The van der Waals surface area contributed by atoms with Crippen molar-refractivity contribution >= 4 is 39.9 Å². The zero-order valence-electron chi connectivity index (χ0n) is 12.8. The van der Waals surface area contributed by atoms with Crippen molar-refractivity contribution in [2.75, 3.05) is 11.9 Å². The normalized spacial score (nSPS) is 10.4. The van der Waals surface area contributed by atoms with Crippen LogP contribution < -0.4 is 15.8 Å². The molecule has 2 heterocycles. The van der Waals surface area contributed by atoms with Crippen LogP contribution in [-0.2, 0) is 4.79 Å². The van der Waals surface area contributed by atoms with Crippen LogP contribution in [0.2, 0.25) is 5.02 Å². The predicted molar refractivity (Wildman–Crippen MR) is 96.0 cm³/mol. The molecule has 128 valence electrons. The highest BCUT2D eigenvalue weighted by atomic mass is 35.5. The van der Waals surface area contributed by atoms with E-state index in [2.05, 4.69) is 15.3 Å². The first-order valence-corrected chi connectivity index (χ1v) is 8.39. The molecule has 0 saturated heterocycles. The number of carbonyl (C=O) groups excluding carboxylic acids is 2. The molecule has 0 radical (unpaired) electrons. The van der Waals surface area contributed by atoms with Crippen molar-refractivity contribution in [3.05, 3.63) is 52.6 Å². The number of amides is 2. The van der Waals surface area contributed by atoms with Crippen molar-refractivity contribution in [1.82, 2.24) is 9.97 Å². The molecule has 2 amide bonds. The van der Waals surface area contributed by atoms with Gasteiger partial charge in [-0.2, -0.15) is 0 Å². The average molecular weight is 377 g/mol. The van der Waals surface area contributed by atoms with Gasteiger partial charge < -0.3 is 15.5 Å². The first kappa shape index (κ1) is 17.0. The number of anilines is 1. The summed E-state index contributed by atoms with van der Waals surface area (Å²) in [5, 5.41) is 5.45. The first-order valence-electron chi connectivity index (χ1n) is 7.13. The molecule has 0 aliphatic carbocycles. The largest absolute Gasteiger partial charge is 0.484 e. The van der Waals surface area contributed by atoms with E-state index in [1.807, 2.05) is 0 Å². The third-order valence-corrected chi connectivity index (χ3v) is 4.19. The summed E-state index contributed by atoms with van der Waals surface area (Å²) in [6.45, 7) is -0.146. The van der Waals surface area contributed by atoms with E-state index >= 15 is 0 Å². The van der Waals surface area contributed by atoms with Crippen LogP contribution in [0.15, 0.2) is 41.9 Å². The van der Waals surface area contributed by atoms with Gasteiger partial charge in [-0.15, -0.1) is 11.3 Å². The summed E-state index contributed by atoms with van der Waals surface area (Å²) in [5.74, 6) is -0.331. The Balaban J connectivity index is 1.57. The number of nitrogens with two attached hydrogens (primary N) is 1. The van der Waals surface area contributed by atoms with Crippen molar-refractivity contribution in [3.63, 3.8) is 0 Å². The molecule has 0 spiro atoms. The second-order valence-electron chi connectivity index (χ2n) is 4.99. The van der Waals surface area contributed by atoms with E-state index < -0.39 is 5.91 Å². The first-order chi connectivity index (χ1) is 12.0. The lowest BCUT2D eigenvalue weighted by atomic mass is 10.2. The van der Waals surface area contributed by atoms with Gasteiger partial charge in [-0.25, -0.2) is 4.98 Å². The second-order valence-corrected chi connectivity index (χ2v) is 6.29. The topological polar surface area (TPSA) is 110 Å². The maximum absolute atomic E-state index is 11.9. The molecule has 3 rings (SSSR count). The number of carbonyl (C=O) groups is 2. The molecule has 0 unspecified atom stereocenters. The summed E-state index contributed by atoms with van der Waals surface area (Å²) in [6, 6.07) is 8.32. The van der Waals surface area contributed by atoms with Crippen LogP contribution in [0, 0.1) is 0 Å². The SMILES string of the molecule is NC(=O)c1cc(-c2csc(NC(=O)COc3ccc(Cl)cc3)n2)c[nH]1. The maximum atomic E-state index is 11.9. The number of aromatic amines is 1. The van der Waals surface area contributed by atoms with Crippen molar-refractivity contribution in [3.8, 4) is 17.0 Å². The summed E-state index contributed by atoms with van der Waals surface area (Å²) in [5.41, 5.74) is 6.83. The van der Waals surface area contributed by atoms with Gasteiger partial charge in [0.05, 0.1) is 5.69 Å². The molecule has 3 aromatic rings. The van der Waals surface area contributed by atoms with Gasteiger partial charge in [0.15, 0.2) is 11.7 Å². The van der Waals surface area contributed by atoms with Crippen LogP contribution in [-0.4, -0.2) is 28.4 Å². The number of ether oxygens (including phenoxy) is 1. The highest BCUT2D eigenvalue weighted by Crippen LogP contribution is 2.25. The third kappa shape index (κ3) is 4.37. The number of primary amides is 1. The van der Waals surface area contributed by atoms with Gasteiger partial charge >= 0.3 is 0 Å². The Morgan fingerprint density at radius 3 is 2.76 bits per heavy atom. The Kier molecular flexibility index (Phi) is 5.01. The number of thiazole rings is 1. The number of aromatic nitrogens is 2. The van der Waals surface area contributed by atoms with Gasteiger partial charge in [-0.1, -0.05) is 11.6 Å². The molecule has 25 heavy (non-hydrogen) atoms. The Bertz CT molecular complexity index is 904. The maximum Gasteiger partial charge on any atom is 0.265 e. The summed E-state index contributed by atoms with van der Waals surface area (Å²) in [4.78, 5) is 30.1. The molecule has 0 atom stereocenters. The lowest BCUT2D eigenvalue weighted by molar-refractivity contribution is -0.118. The number of nitrogens with zero attached hydrogens (tertiary/aromatic N) is 1. The van der Waals surface area contributed by atoms with Gasteiger partial charge in [0.1, 0.15) is 11.4 Å². The molecule has 0 aliphatic heterocycles. The number of hydrogen-bond acceptors (Lipinski definition) is 5. The summed E-state index contributed by atoms with van der Waals surface area (Å²) >= 11 is 7.05. The number of rotatable bonds is 6. The predicted octanol–water partition coefficient (Wildman–Crippen LogP) is 2.91. The van der Waals surface area contributed by atoms with Crippen LogP contribution in [0.1, 0.15) is 10.5 Å². The minimum Gasteiger partial charge on any atom is -0.484 e. The van der Waals surface area contributed by atoms with Crippen LogP contribution in [0.25, 0.3) is 11.3 Å². The highest BCUT2D eigenvalue weighted by molar-refractivity contribution is 7.14. The Morgan fingerprint density at radius 1 is 1.32 bits per heavy atom. The molecular formula is C16H13ClN4O3S. The Morgan fingerprint density at radius 2 is 2.08 bits per heavy atom. The zero-order valence-corrected chi connectivity index (χ0v) is 14.4. The molecule has 0 fully saturated rings. The van der Waals surface area contributed by atoms with E-state index in [4.69, 9.17) is 22.1 Å². The number of benzene rings is 1. The zero-order chi connectivity index (χ0) is 17.8. The van der Waals surface area contributed by atoms with Crippen LogP contribution in [0.4, 0.5) is 5.13 Å². The summed E-state index contributed by atoms with van der Waals surface area (Å²) in [6.07, 6.45) is 1.63. The lowest BCUT2D eigenvalue weighted by Gasteiger charge is -2.05. The molecule has 2 aromatic heterocycles. The van der Waals surface area contributed by atoms with Gasteiger partial charge in [0, 0.05) is 22.2 Å². The van der Waals surface area contributed by atoms with E-state index in [1.54, 1.807) is 41.9 Å². The molecule has 0 saturated carbocycles. The second kappa shape index (κ2) is 7.37. The quantitative estimate of drug-likeness (QED) is 0.614. The van der Waals surface area contributed by atoms with Gasteiger partial charge in [0.25, 0.3) is 11.8 Å². The van der Waals surface area contributed by atoms with E-state index in [-0.39, 0.29) is 12.5 Å². The molecule has 1 aromatic carbocycles. The van der Waals surface area contributed by atoms with Crippen molar-refractivity contribution in [1.29, 1.82) is 0 Å². The number of H-pyrrole nitrogens is 1. The smallest absolute Gasteiger partial charge is 0.265 e. The number of halogens is 1. The Labute approximate surface area is 151 Å². The van der Waals surface area contributed by atoms with Crippen LogP contribution in [0.5, 0.6) is 5.75 Å². The van der Waals surface area contributed by atoms with Crippen LogP contribution in [0.3, 0.4) is 0 Å². The minimum atomic E-state index is -0.547. The minimum absolute atomic E-state index is 0.146. The molecule has 9 heteroatoms. The van der Waals surface area contributed by atoms with Crippen molar-refractivity contribution in [2.24, 2.45) is 5.73 Å². The van der Waals surface area contributed by atoms with E-state index in [0.29, 0.717) is 32.9 Å². The molecule has 0 aliphatic rings. The van der Waals surface area contributed by atoms with E-state index in [1.165, 1.54) is 11.3 Å². The van der Waals surface area contributed by atoms with Crippen molar-refractivity contribution in [2.45, 2.75) is 0 Å². The average Bonchev–Trinajstić information content (AvgIpc) is 3.23. The fourth-order valence-electron chi connectivity index (χ4n) is 1.98. The third-order valence-electron chi connectivity index (χ3n) is 3.18. The van der Waals surface area contributed by atoms with Gasteiger partial charge in [-0.05, 0) is 30.3 Å². The number of hydrogen-bond donors (Lipinski definition) is 3. The molecule has 0 bridgehead atoms. The standard InChI is InChI=1S/C16H13ClN4O3S/c17-10-1-3-11(4-2-10)24-7-14(22)21-16-20-13(8-25-16)9-5-12(15(18)23)19-6-9/h1-6,8,19H,7H2,(H2,18,23)(H,20,21,22). The lowest BCUT2D eigenvalue weighted by Crippen LogP contribution is -2.20. The molecule has 7 nitrogen and oxygen atoms in total. The van der Waals surface area contributed by atoms with E-state index in [0.717, 1.165) is 0 Å². The Hall–Kier alpha value is -2.84. The summed E-state index contributed by atoms with van der Waals surface area (Å²) < 4.78 is 5.37. The van der Waals surface area contributed by atoms with Gasteiger partial charge in [-0.3, -0.25) is 14.9 Å². The highest BCUT2D eigenvalue weighted by Gasteiger charge is 2.11. The fraction of sp³-hybridized carbons (Fsp3) is 0.0625.